The summed E-state index contributed by atoms with van der Waals surface area (Å²) in [5, 5.41) is 9.11. The Hall–Kier alpha value is -2.74. The van der Waals surface area contributed by atoms with E-state index in [1.165, 1.54) is 6.07 Å². The molecule has 0 aliphatic rings. The van der Waals surface area contributed by atoms with Crippen molar-refractivity contribution in [1.82, 2.24) is 10.1 Å². The number of anilines is 2. The highest BCUT2D eigenvalue weighted by molar-refractivity contribution is 6.32. The van der Waals surface area contributed by atoms with Crippen LogP contribution in [0.5, 0.6) is 5.75 Å². The molecule has 26 heavy (non-hydrogen) atoms. The third-order valence-corrected chi connectivity index (χ3v) is 3.82. The number of benzene rings is 1. The summed E-state index contributed by atoms with van der Waals surface area (Å²) in [6, 6.07) is 5.85. The topological polar surface area (TPSA) is 96.7 Å². The molecule has 140 valence electrons. The number of amides is 3. The Labute approximate surface area is 156 Å². The third kappa shape index (κ3) is 5.38. The van der Waals surface area contributed by atoms with Gasteiger partial charge in [-0.25, -0.2) is 4.79 Å². The van der Waals surface area contributed by atoms with Crippen molar-refractivity contribution in [1.29, 1.82) is 0 Å². The second-order valence-electron chi connectivity index (χ2n) is 5.40. The third-order valence-electron chi connectivity index (χ3n) is 3.53. The second-order valence-corrected chi connectivity index (χ2v) is 5.81. The molecule has 1 aromatic carbocycles. The number of nitrogens with zero attached hydrogens (tertiary/aromatic N) is 2. The van der Waals surface area contributed by atoms with Crippen LogP contribution in [-0.4, -0.2) is 41.7 Å². The first-order valence-corrected chi connectivity index (χ1v) is 8.52. The van der Waals surface area contributed by atoms with Gasteiger partial charge in [-0.3, -0.25) is 10.1 Å². The number of ether oxygens (including phenoxy) is 1. The average molecular weight is 381 g/mol. The minimum atomic E-state index is -0.486. The lowest BCUT2D eigenvalue weighted by atomic mass is 10.3. The van der Waals surface area contributed by atoms with Crippen LogP contribution >= 0.6 is 11.6 Å². The molecule has 1 aromatic heterocycles. The average Bonchev–Trinajstić information content (AvgIpc) is 2.99. The molecule has 1 heterocycles. The van der Waals surface area contributed by atoms with Crippen LogP contribution in [0.1, 0.15) is 19.6 Å². The van der Waals surface area contributed by atoms with Crippen molar-refractivity contribution in [2.45, 2.75) is 20.8 Å². The molecule has 8 nitrogen and oxygen atoms in total. The van der Waals surface area contributed by atoms with E-state index in [2.05, 4.69) is 15.8 Å². The van der Waals surface area contributed by atoms with Gasteiger partial charge in [0.05, 0.1) is 5.02 Å². The molecule has 0 aliphatic carbocycles. The summed E-state index contributed by atoms with van der Waals surface area (Å²) < 4.78 is 10.3. The van der Waals surface area contributed by atoms with Gasteiger partial charge >= 0.3 is 6.03 Å². The number of urea groups is 1. The molecule has 3 amide bonds. The number of likely N-dealkylation sites (N-methyl/N-ethyl adjacent to an activating group) is 1. The maximum atomic E-state index is 12.0. The lowest BCUT2D eigenvalue weighted by Crippen LogP contribution is -2.34. The minimum absolute atomic E-state index is 0.0971. The molecule has 9 heteroatoms. The van der Waals surface area contributed by atoms with Gasteiger partial charge in [0.15, 0.2) is 12.4 Å². The van der Waals surface area contributed by atoms with Crippen LogP contribution in [0, 0.1) is 6.92 Å². The number of hydrogen-bond donors (Lipinski definition) is 2. The molecule has 0 unspecified atom stereocenters. The molecule has 2 rings (SSSR count). The van der Waals surface area contributed by atoms with E-state index in [0.717, 1.165) is 0 Å². The zero-order valence-electron chi connectivity index (χ0n) is 14.8. The minimum Gasteiger partial charge on any atom is -0.482 e. The zero-order valence-corrected chi connectivity index (χ0v) is 15.6. The van der Waals surface area contributed by atoms with E-state index in [1.54, 1.807) is 30.0 Å². The van der Waals surface area contributed by atoms with Gasteiger partial charge in [0.25, 0.3) is 5.91 Å². The highest BCUT2D eigenvalue weighted by Crippen LogP contribution is 2.27. The molecule has 0 spiro atoms. The van der Waals surface area contributed by atoms with Gasteiger partial charge in [-0.05, 0) is 39.0 Å². The van der Waals surface area contributed by atoms with Gasteiger partial charge in [0, 0.05) is 24.8 Å². The quantitative estimate of drug-likeness (QED) is 0.765. The smallest absolute Gasteiger partial charge is 0.324 e. The number of carbonyl (C=O) groups is 2. The predicted octanol–water partition coefficient (Wildman–Crippen LogP) is 3.53. The summed E-state index contributed by atoms with van der Waals surface area (Å²) in [5.41, 5.74) is 0.468. The van der Waals surface area contributed by atoms with Crippen molar-refractivity contribution in [2.75, 3.05) is 30.3 Å². The predicted molar refractivity (Wildman–Crippen MR) is 98.8 cm³/mol. The standard InChI is InChI=1S/C17H21ClN4O4/c1-4-22(5-2)16(23)10-25-14-7-6-12(9-13(14)18)19-17(24)20-15-8-11(3)26-21-15/h6-9H,4-5,10H2,1-3H3,(H2,19,20,21,24). The molecule has 0 fully saturated rings. The van der Waals surface area contributed by atoms with Crippen LogP contribution in [0.25, 0.3) is 0 Å². The lowest BCUT2D eigenvalue weighted by molar-refractivity contribution is -0.132. The van der Waals surface area contributed by atoms with E-state index in [1.807, 2.05) is 13.8 Å². The summed E-state index contributed by atoms with van der Waals surface area (Å²) in [6.45, 7) is 6.67. The molecule has 2 N–H and O–H groups in total. The van der Waals surface area contributed by atoms with E-state index in [0.29, 0.717) is 36.1 Å². The number of hydrogen-bond acceptors (Lipinski definition) is 5. The van der Waals surface area contributed by atoms with Gasteiger partial charge in [-0.1, -0.05) is 16.8 Å². The number of carbonyl (C=O) groups excluding carboxylic acids is 2. The maximum Gasteiger partial charge on any atom is 0.324 e. The summed E-state index contributed by atoms with van der Waals surface area (Å²) in [7, 11) is 0. The molecular formula is C17H21ClN4O4. The Balaban J connectivity index is 1.92. The number of halogens is 1. The van der Waals surface area contributed by atoms with E-state index < -0.39 is 6.03 Å². The Morgan fingerprint density at radius 1 is 1.23 bits per heavy atom. The molecule has 2 aromatic rings. The van der Waals surface area contributed by atoms with Crippen molar-refractivity contribution < 1.29 is 18.8 Å². The van der Waals surface area contributed by atoms with Crippen molar-refractivity contribution in [3.05, 3.63) is 35.0 Å². The molecule has 0 bridgehead atoms. The van der Waals surface area contributed by atoms with Crippen LogP contribution in [0.15, 0.2) is 28.8 Å². The van der Waals surface area contributed by atoms with E-state index >= 15 is 0 Å². The van der Waals surface area contributed by atoms with Crippen molar-refractivity contribution >= 4 is 35.0 Å². The van der Waals surface area contributed by atoms with Crippen molar-refractivity contribution in [2.24, 2.45) is 0 Å². The van der Waals surface area contributed by atoms with Crippen LogP contribution in [0.4, 0.5) is 16.3 Å². The molecular weight excluding hydrogens is 360 g/mol. The Kier molecular flexibility index (Phi) is 6.85. The number of aryl methyl sites for hydroxylation is 1. The maximum absolute atomic E-state index is 12.0. The molecule has 0 saturated heterocycles. The molecule has 0 aliphatic heterocycles. The number of nitrogens with one attached hydrogen (secondary N) is 2. The fourth-order valence-corrected chi connectivity index (χ4v) is 2.44. The Morgan fingerprint density at radius 2 is 1.96 bits per heavy atom. The highest BCUT2D eigenvalue weighted by atomic mass is 35.5. The summed E-state index contributed by atoms with van der Waals surface area (Å²) in [6.07, 6.45) is 0. The van der Waals surface area contributed by atoms with Gasteiger partial charge in [0.1, 0.15) is 11.5 Å². The SMILES string of the molecule is CCN(CC)C(=O)COc1ccc(NC(=O)Nc2cc(C)on2)cc1Cl. The van der Waals surface area contributed by atoms with Crippen LogP contribution in [0.3, 0.4) is 0 Å². The monoisotopic (exact) mass is 380 g/mol. The molecule has 0 atom stereocenters. The van der Waals surface area contributed by atoms with Crippen LogP contribution in [0.2, 0.25) is 5.02 Å². The molecule has 0 saturated carbocycles. The first-order chi connectivity index (χ1) is 12.4. The normalized spacial score (nSPS) is 10.3. The van der Waals surface area contributed by atoms with E-state index in [-0.39, 0.29) is 17.5 Å². The van der Waals surface area contributed by atoms with Crippen molar-refractivity contribution in [3.63, 3.8) is 0 Å². The van der Waals surface area contributed by atoms with E-state index in [9.17, 15) is 9.59 Å². The van der Waals surface area contributed by atoms with Gasteiger partial charge < -0.3 is 19.5 Å². The van der Waals surface area contributed by atoms with Crippen molar-refractivity contribution in [3.8, 4) is 5.75 Å². The summed E-state index contributed by atoms with van der Waals surface area (Å²) in [5.74, 6) is 1.14. The Bertz CT molecular complexity index is 774. The highest BCUT2D eigenvalue weighted by Gasteiger charge is 2.12. The van der Waals surface area contributed by atoms with Gasteiger partial charge in [0.2, 0.25) is 0 Å². The number of rotatable bonds is 7. The lowest BCUT2D eigenvalue weighted by Gasteiger charge is -2.19. The van der Waals surface area contributed by atoms with Gasteiger partial charge in [-0.15, -0.1) is 0 Å². The fraction of sp³-hybridized carbons (Fsp3) is 0.353. The summed E-state index contributed by atoms with van der Waals surface area (Å²) in [4.78, 5) is 25.5. The molecule has 0 radical (unpaired) electrons. The zero-order chi connectivity index (χ0) is 19.1. The first-order valence-electron chi connectivity index (χ1n) is 8.14. The van der Waals surface area contributed by atoms with Gasteiger partial charge in [-0.2, -0.15) is 0 Å². The van der Waals surface area contributed by atoms with Crippen LogP contribution < -0.4 is 15.4 Å². The first kappa shape index (κ1) is 19.6. The fourth-order valence-electron chi connectivity index (χ4n) is 2.21. The van der Waals surface area contributed by atoms with Crippen LogP contribution in [-0.2, 0) is 4.79 Å². The number of aromatic nitrogens is 1. The summed E-state index contributed by atoms with van der Waals surface area (Å²) >= 11 is 6.16. The largest absolute Gasteiger partial charge is 0.482 e. The van der Waals surface area contributed by atoms with E-state index in [4.69, 9.17) is 20.9 Å². The Morgan fingerprint density at radius 3 is 2.54 bits per heavy atom. The second kappa shape index (κ2) is 9.10.